The standard InChI is InChI=1S/C30H46N6O5S/c1-6-7-15-35-28(38)27(19-21(2)3)32-29(39)30(35)12-16-34(17-13-30)20-26-22(4)33-36(23(26)5)24-8-10-25(11-9-24)42(40,41)31-14-18-37/h8-11,21,27,31,37H,6-7,12-20H2,1-5H3,(H,32,39)/t27-/m0/s1. The van der Waals surface area contributed by atoms with Crippen molar-refractivity contribution in [1.29, 1.82) is 0 Å². The van der Waals surface area contributed by atoms with Crippen molar-refractivity contribution in [3.63, 3.8) is 0 Å². The number of benzene rings is 1. The number of carbonyl (C=O) groups is 2. The number of rotatable bonds is 12. The fraction of sp³-hybridized carbons (Fsp3) is 0.633. The number of nitrogens with zero attached hydrogens (tertiary/aromatic N) is 4. The summed E-state index contributed by atoms with van der Waals surface area (Å²) in [5.41, 5.74) is 2.91. The number of sulfonamides is 1. The molecule has 0 unspecified atom stereocenters. The predicted molar refractivity (Wildman–Crippen MR) is 161 cm³/mol. The largest absolute Gasteiger partial charge is 0.395 e. The predicted octanol–water partition coefficient (Wildman–Crippen LogP) is 2.27. The summed E-state index contributed by atoms with van der Waals surface area (Å²) in [7, 11) is -3.69. The summed E-state index contributed by atoms with van der Waals surface area (Å²) < 4.78 is 28.9. The number of hydrogen-bond donors (Lipinski definition) is 3. The van der Waals surface area contributed by atoms with Crippen LogP contribution in [-0.2, 0) is 26.2 Å². The van der Waals surface area contributed by atoms with Crippen molar-refractivity contribution in [2.75, 3.05) is 32.8 Å². The first-order valence-corrected chi connectivity index (χ1v) is 16.5. The van der Waals surface area contributed by atoms with Crippen LogP contribution in [0.15, 0.2) is 29.2 Å². The van der Waals surface area contributed by atoms with Gasteiger partial charge in [0.25, 0.3) is 0 Å². The van der Waals surface area contributed by atoms with E-state index in [1.807, 2.05) is 23.4 Å². The van der Waals surface area contributed by atoms with Gasteiger partial charge >= 0.3 is 0 Å². The Balaban J connectivity index is 1.47. The molecular weight excluding hydrogens is 556 g/mol. The van der Waals surface area contributed by atoms with Crippen molar-refractivity contribution < 1.29 is 23.1 Å². The average Bonchev–Trinajstić information content (AvgIpc) is 3.24. The van der Waals surface area contributed by atoms with Crippen molar-refractivity contribution in [1.82, 2.24) is 29.6 Å². The zero-order valence-electron chi connectivity index (χ0n) is 25.5. The minimum atomic E-state index is -3.69. The van der Waals surface area contributed by atoms with Crippen molar-refractivity contribution >= 4 is 21.8 Å². The molecule has 1 aromatic heterocycles. The van der Waals surface area contributed by atoms with E-state index in [4.69, 9.17) is 10.2 Å². The smallest absolute Gasteiger partial charge is 0.246 e. The Bertz CT molecular complexity index is 1360. The maximum absolute atomic E-state index is 13.6. The highest BCUT2D eigenvalue weighted by Crippen LogP contribution is 2.35. The van der Waals surface area contributed by atoms with Gasteiger partial charge in [-0.25, -0.2) is 17.8 Å². The number of unbranched alkanes of at least 4 members (excludes halogenated alkanes) is 1. The summed E-state index contributed by atoms with van der Waals surface area (Å²) in [4.78, 5) is 31.5. The minimum Gasteiger partial charge on any atom is -0.395 e. The van der Waals surface area contributed by atoms with Gasteiger partial charge in [0.2, 0.25) is 21.8 Å². The van der Waals surface area contributed by atoms with E-state index in [0.29, 0.717) is 51.4 Å². The van der Waals surface area contributed by atoms with Gasteiger partial charge in [0.05, 0.1) is 22.9 Å². The molecule has 2 saturated heterocycles. The maximum Gasteiger partial charge on any atom is 0.246 e. The SMILES string of the molecule is CCCCN1C(=O)[C@H](CC(C)C)NC(=O)C12CCN(Cc1c(C)nn(-c3ccc(S(=O)(=O)NCCO)cc3)c1C)CC2. The highest BCUT2D eigenvalue weighted by atomic mass is 32.2. The number of hydrogen-bond acceptors (Lipinski definition) is 7. The van der Waals surface area contributed by atoms with Crippen LogP contribution in [-0.4, -0.2) is 89.3 Å². The van der Waals surface area contributed by atoms with Crippen LogP contribution in [0.25, 0.3) is 5.69 Å². The number of carbonyl (C=O) groups excluding carboxylic acids is 2. The van der Waals surface area contributed by atoms with Gasteiger partial charge in [0, 0.05) is 44.0 Å². The van der Waals surface area contributed by atoms with Gasteiger partial charge in [-0.15, -0.1) is 0 Å². The second kappa shape index (κ2) is 13.2. The Morgan fingerprint density at radius 1 is 1.14 bits per heavy atom. The molecule has 2 aromatic rings. The van der Waals surface area contributed by atoms with Crippen LogP contribution in [0.5, 0.6) is 0 Å². The van der Waals surface area contributed by atoms with Crippen molar-refractivity contribution in [2.45, 2.75) is 89.7 Å². The first-order valence-electron chi connectivity index (χ1n) is 15.0. The molecule has 3 N–H and O–H groups in total. The lowest BCUT2D eigenvalue weighted by Crippen LogP contribution is -2.73. The van der Waals surface area contributed by atoms with Gasteiger partial charge in [-0.3, -0.25) is 14.5 Å². The third-order valence-electron chi connectivity index (χ3n) is 8.55. The van der Waals surface area contributed by atoms with Gasteiger partial charge in [0.15, 0.2) is 0 Å². The number of aliphatic hydroxyl groups is 1. The lowest BCUT2D eigenvalue weighted by atomic mass is 9.80. The van der Waals surface area contributed by atoms with E-state index in [1.54, 1.807) is 12.1 Å². The van der Waals surface area contributed by atoms with Crippen molar-refractivity contribution in [3.8, 4) is 5.69 Å². The third kappa shape index (κ3) is 6.56. The molecule has 0 saturated carbocycles. The Hall–Kier alpha value is -2.80. The van der Waals surface area contributed by atoms with Crippen LogP contribution in [0, 0.1) is 19.8 Å². The van der Waals surface area contributed by atoms with Crippen LogP contribution in [0.2, 0.25) is 0 Å². The van der Waals surface area contributed by atoms with Crippen LogP contribution in [0.1, 0.15) is 69.8 Å². The van der Waals surface area contributed by atoms with Crippen molar-refractivity contribution in [2.24, 2.45) is 5.92 Å². The highest BCUT2D eigenvalue weighted by molar-refractivity contribution is 7.89. The topological polar surface area (TPSA) is 137 Å². The lowest BCUT2D eigenvalue weighted by molar-refractivity contribution is -0.161. The number of nitrogens with one attached hydrogen (secondary N) is 2. The third-order valence-corrected chi connectivity index (χ3v) is 10.0. The average molecular weight is 603 g/mol. The second-order valence-electron chi connectivity index (χ2n) is 12.0. The summed E-state index contributed by atoms with van der Waals surface area (Å²) in [6.07, 6.45) is 3.67. The number of aryl methyl sites for hydroxylation is 1. The fourth-order valence-electron chi connectivity index (χ4n) is 6.13. The summed E-state index contributed by atoms with van der Waals surface area (Å²) in [5, 5.41) is 16.8. The Morgan fingerprint density at radius 3 is 2.40 bits per heavy atom. The number of amides is 2. The maximum atomic E-state index is 13.6. The van der Waals surface area contributed by atoms with E-state index in [-0.39, 0.29) is 29.9 Å². The fourth-order valence-corrected chi connectivity index (χ4v) is 7.16. The monoisotopic (exact) mass is 602 g/mol. The van der Waals surface area contributed by atoms with E-state index in [2.05, 4.69) is 35.7 Å². The number of piperazine rings is 1. The summed E-state index contributed by atoms with van der Waals surface area (Å²) in [6, 6.07) is 6.05. The Morgan fingerprint density at radius 2 is 1.81 bits per heavy atom. The zero-order chi connectivity index (χ0) is 30.7. The van der Waals surface area contributed by atoms with Crippen LogP contribution >= 0.6 is 0 Å². The molecule has 0 aliphatic carbocycles. The van der Waals surface area contributed by atoms with Crippen LogP contribution in [0.4, 0.5) is 0 Å². The molecule has 42 heavy (non-hydrogen) atoms. The molecular formula is C30H46N6O5S. The van der Waals surface area contributed by atoms with Gasteiger partial charge in [-0.05, 0) is 69.7 Å². The van der Waals surface area contributed by atoms with Crippen molar-refractivity contribution in [3.05, 3.63) is 41.2 Å². The molecule has 11 nitrogen and oxygen atoms in total. The number of aromatic nitrogens is 2. The Kier molecular flexibility index (Phi) is 10.1. The van der Waals surface area contributed by atoms with E-state index in [0.717, 1.165) is 35.5 Å². The van der Waals surface area contributed by atoms with E-state index in [9.17, 15) is 18.0 Å². The summed E-state index contributed by atoms with van der Waals surface area (Å²) in [5.74, 6) is 0.359. The quantitative estimate of drug-likeness (QED) is 0.339. The molecule has 232 valence electrons. The van der Waals surface area contributed by atoms with Gasteiger partial charge < -0.3 is 15.3 Å². The molecule has 4 rings (SSSR count). The highest BCUT2D eigenvalue weighted by Gasteiger charge is 2.53. The number of aliphatic hydroxyl groups excluding tert-OH is 1. The van der Waals surface area contributed by atoms with Gasteiger partial charge in [0.1, 0.15) is 11.6 Å². The van der Waals surface area contributed by atoms with Gasteiger partial charge in [-0.2, -0.15) is 5.10 Å². The van der Waals surface area contributed by atoms with E-state index < -0.39 is 21.6 Å². The molecule has 0 radical (unpaired) electrons. The number of likely N-dealkylation sites (tertiary alicyclic amines) is 1. The molecule has 2 aliphatic rings. The zero-order valence-corrected chi connectivity index (χ0v) is 26.3. The first kappa shape index (κ1) is 32.1. The van der Waals surface area contributed by atoms with Crippen LogP contribution in [0.3, 0.4) is 0 Å². The first-order chi connectivity index (χ1) is 19.9. The molecule has 1 spiro atoms. The molecule has 2 aliphatic heterocycles. The summed E-state index contributed by atoms with van der Waals surface area (Å²) in [6.45, 7) is 12.6. The van der Waals surface area contributed by atoms with E-state index in [1.165, 1.54) is 12.1 Å². The van der Waals surface area contributed by atoms with Gasteiger partial charge in [-0.1, -0.05) is 27.2 Å². The summed E-state index contributed by atoms with van der Waals surface area (Å²) >= 11 is 0. The molecule has 0 bridgehead atoms. The Labute approximate surface area is 249 Å². The number of piperidine rings is 1. The second-order valence-corrected chi connectivity index (χ2v) is 13.8. The van der Waals surface area contributed by atoms with Crippen LogP contribution < -0.4 is 10.0 Å². The molecule has 12 heteroatoms. The normalized spacial score (nSPS) is 19.6. The van der Waals surface area contributed by atoms with E-state index >= 15 is 0 Å². The minimum absolute atomic E-state index is 0.0132. The molecule has 1 atom stereocenters. The molecule has 1 aromatic carbocycles. The molecule has 2 fully saturated rings. The molecule has 2 amide bonds. The lowest BCUT2D eigenvalue weighted by Gasteiger charge is -2.52. The molecule has 3 heterocycles.